The summed E-state index contributed by atoms with van der Waals surface area (Å²) in [6.07, 6.45) is -1.41. The van der Waals surface area contributed by atoms with E-state index in [1.165, 1.54) is 0 Å². The number of hydrogen-bond acceptors (Lipinski definition) is 1. The molecule has 0 saturated carbocycles. The van der Waals surface area contributed by atoms with Gasteiger partial charge in [-0.05, 0) is 22.0 Å². The maximum absolute atomic E-state index is 12.9. The number of carboxylic acid groups (broad SMARTS) is 1. The molecule has 70 valence electrons. The Morgan fingerprint density at radius 3 is 2.54 bits per heavy atom. The predicted octanol–water partition coefficient (Wildman–Crippen LogP) is 2.82. The summed E-state index contributed by atoms with van der Waals surface area (Å²) in [5.74, 6) is -1.74. The summed E-state index contributed by atoms with van der Waals surface area (Å²) < 4.78 is 25.4. The highest BCUT2D eigenvalue weighted by Crippen LogP contribution is 2.26. The van der Waals surface area contributed by atoms with E-state index in [1.807, 2.05) is 0 Å². The fourth-order valence-corrected chi connectivity index (χ4v) is 1.28. The monoisotopic (exact) mass is 251 g/mol. The van der Waals surface area contributed by atoms with Crippen molar-refractivity contribution < 1.29 is 18.7 Å². The van der Waals surface area contributed by atoms with Crippen molar-refractivity contribution in [3.05, 3.63) is 28.2 Å². The molecule has 0 atom stereocenters. The Bertz CT molecular complexity index is 333. The molecule has 0 spiro atoms. The Labute approximate surface area is 80.5 Å². The fourth-order valence-electron chi connectivity index (χ4n) is 0.769. The number of benzene rings is 1. The summed E-state index contributed by atoms with van der Waals surface area (Å²) in [6.45, 7) is 0. The average molecular weight is 252 g/mol. The second-order valence-electron chi connectivity index (χ2n) is 2.17. The first-order valence-electron chi connectivity index (χ1n) is 3.15. The molecular formula is C7H4BrF2NO2. The van der Waals surface area contributed by atoms with Gasteiger partial charge in [-0.25, -0.2) is 13.6 Å². The van der Waals surface area contributed by atoms with Crippen LogP contribution in [0.25, 0.3) is 0 Å². The molecule has 0 aliphatic heterocycles. The molecular weight excluding hydrogens is 248 g/mol. The molecule has 0 radical (unpaired) electrons. The maximum Gasteiger partial charge on any atom is 0.409 e. The van der Waals surface area contributed by atoms with E-state index in [-0.39, 0.29) is 10.2 Å². The lowest BCUT2D eigenvalue weighted by Crippen LogP contribution is -2.09. The minimum atomic E-state index is -1.41. The highest BCUT2D eigenvalue weighted by Gasteiger charge is 2.11. The van der Waals surface area contributed by atoms with Gasteiger partial charge in [-0.2, -0.15) is 0 Å². The highest BCUT2D eigenvalue weighted by atomic mass is 79.9. The molecule has 0 aromatic heterocycles. The van der Waals surface area contributed by atoms with Crippen molar-refractivity contribution in [1.29, 1.82) is 0 Å². The van der Waals surface area contributed by atoms with Crippen LogP contribution in [-0.4, -0.2) is 11.2 Å². The average Bonchev–Trinajstić information content (AvgIpc) is 1.96. The Balaban J connectivity index is 3.13. The molecule has 6 heteroatoms. The molecule has 0 aliphatic rings. The molecule has 1 amide bonds. The summed E-state index contributed by atoms with van der Waals surface area (Å²) in [6, 6.07) is 1.56. The first-order valence-corrected chi connectivity index (χ1v) is 3.94. The minimum Gasteiger partial charge on any atom is -0.465 e. The van der Waals surface area contributed by atoms with Crippen molar-refractivity contribution in [2.45, 2.75) is 0 Å². The third-order valence-electron chi connectivity index (χ3n) is 1.24. The van der Waals surface area contributed by atoms with Gasteiger partial charge in [0, 0.05) is 10.5 Å². The van der Waals surface area contributed by atoms with Gasteiger partial charge in [-0.1, -0.05) is 0 Å². The molecule has 0 saturated heterocycles. The molecule has 0 aliphatic carbocycles. The molecule has 0 fully saturated rings. The smallest absolute Gasteiger partial charge is 0.409 e. The van der Waals surface area contributed by atoms with Gasteiger partial charge < -0.3 is 5.11 Å². The van der Waals surface area contributed by atoms with Crippen molar-refractivity contribution in [2.75, 3.05) is 5.32 Å². The second-order valence-corrected chi connectivity index (χ2v) is 3.03. The number of amides is 1. The zero-order valence-corrected chi connectivity index (χ0v) is 7.73. The lowest BCUT2D eigenvalue weighted by molar-refractivity contribution is 0.209. The molecule has 13 heavy (non-hydrogen) atoms. The van der Waals surface area contributed by atoms with Gasteiger partial charge >= 0.3 is 6.09 Å². The van der Waals surface area contributed by atoms with Crippen LogP contribution in [0.15, 0.2) is 16.6 Å². The van der Waals surface area contributed by atoms with E-state index in [4.69, 9.17) is 5.11 Å². The zero-order valence-electron chi connectivity index (χ0n) is 6.14. The maximum atomic E-state index is 12.9. The van der Waals surface area contributed by atoms with Gasteiger partial charge in [0.1, 0.15) is 5.82 Å². The summed E-state index contributed by atoms with van der Waals surface area (Å²) >= 11 is 2.82. The Kier molecular flexibility index (Phi) is 2.82. The SMILES string of the molecule is O=C(O)Nc1c(F)cc(F)cc1Br. The van der Waals surface area contributed by atoms with Crippen molar-refractivity contribution in [3.63, 3.8) is 0 Å². The van der Waals surface area contributed by atoms with Gasteiger partial charge in [0.2, 0.25) is 0 Å². The molecule has 1 rings (SSSR count). The van der Waals surface area contributed by atoms with E-state index < -0.39 is 17.7 Å². The van der Waals surface area contributed by atoms with Crippen LogP contribution in [0.1, 0.15) is 0 Å². The fraction of sp³-hybridized carbons (Fsp3) is 0. The number of hydrogen-bond donors (Lipinski definition) is 2. The van der Waals surface area contributed by atoms with E-state index in [0.29, 0.717) is 6.07 Å². The largest absolute Gasteiger partial charge is 0.465 e. The highest BCUT2D eigenvalue weighted by molar-refractivity contribution is 9.10. The number of rotatable bonds is 1. The topological polar surface area (TPSA) is 49.3 Å². The van der Waals surface area contributed by atoms with Crippen molar-refractivity contribution >= 4 is 27.7 Å². The summed E-state index contributed by atoms with van der Waals surface area (Å²) in [5, 5.41) is 10.1. The molecule has 0 heterocycles. The first kappa shape index (κ1) is 9.91. The molecule has 1 aromatic rings. The number of nitrogens with one attached hydrogen (secondary N) is 1. The Morgan fingerprint density at radius 1 is 1.46 bits per heavy atom. The third-order valence-corrected chi connectivity index (χ3v) is 1.86. The van der Waals surface area contributed by atoms with Crippen molar-refractivity contribution in [3.8, 4) is 0 Å². The Hall–Kier alpha value is -1.17. The van der Waals surface area contributed by atoms with E-state index in [0.717, 1.165) is 6.07 Å². The van der Waals surface area contributed by atoms with Crippen molar-refractivity contribution in [2.24, 2.45) is 0 Å². The lowest BCUT2D eigenvalue weighted by atomic mass is 10.3. The van der Waals surface area contributed by atoms with Gasteiger partial charge in [-0.15, -0.1) is 0 Å². The van der Waals surface area contributed by atoms with Gasteiger partial charge in [0.15, 0.2) is 5.82 Å². The van der Waals surface area contributed by atoms with E-state index in [2.05, 4.69) is 15.9 Å². The molecule has 3 nitrogen and oxygen atoms in total. The number of halogens is 3. The van der Waals surface area contributed by atoms with Crippen LogP contribution in [-0.2, 0) is 0 Å². The van der Waals surface area contributed by atoms with Crippen LogP contribution in [0.3, 0.4) is 0 Å². The quantitative estimate of drug-likeness (QED) is 0.807. The Morgan fingerprint density at radius 2 is 2.08 bits per heavy atom. The van der Waals surface area contributed by atoms with Crippen LogP contribution in [0.5, 0.6) is 0 Å². The zero-order chi connectivity index (χ0) is 10.0. The first-order chi connectivity index (χ1) is 6.00. The van der Waals surface area contributed by atoms with Crippen LogP contribution < -0.4 is 5.32 Å². The van der Waals surface area contributed by atoms with E-state index in [9.17, 15) is 13.6 Å². The minimum absolute atomic E-state index is 0.0207. The van der Waals surface area contributed by atoms with Crippen molar-refractivity contribution in [1.82, 2.24) is 0 Å². The lowest BCUT2D eigenvalue weighted by Gasteiger charge is -2.04. The molecule has 0 unspecified atom stereocenters. The number of carbonyl (C=O) groups is 1. The van der Waals surface area contributed by atoms with Crippen LogP contribution in [0, 0.1) is 11.6 Å². The van der Waals surface area contributed by atoms with Crippen LogP contribution in [0.2, 0.25) is 0 Å². The summed E-state index contributed by atoms with van der Waals surface area (Å²) in [5.41, 5.74) is -0.297. The summed E-state index contributed by atoms with van der Waals surface area (Å²) in [7, 11) is 0. The van der Waals surface area contributed by atoms with E-state index >= 15 is 0 Å². The second kappa shape index (κ2) is 3.69. The standard InChI is InChI=1S/C7H4BrF2NO2/c8-4-1-3(9)2-5(10)6(4)11-7(12)13/h1-2,11H,(H,12,13). The van der Waals surface area contributed by atoms with E-state index in [1.54, 1.807) is 5.32 Å². The summed E-state index contributed by atoms with van der Waals surface area (Å²) in [4.78, 5) is 10.2. The van der Waals surface area contributed by atoms with Crippen LogP contribution in [0.4, 0.5) is 19.3 Å². The molecule has 1 aromatic carbocycles. The number of anilines is 1. The van der Waals surface area contributed by atoms with Gasteiger partial charge in [0.05, 0.1) is 5.69 Å². The van der Waals surface area contributed by atoms with Gasteiger partial charge in [-0.3, -0.25) is 5.32 Å². The third kappa shape index (κ3) is 2.38. The molecule has 2 N–H and O–H groups in total. The predicted molar refractivity (Wildman–Crippen MR) is 45.7 cm³/mol. The normalized spacial score (nSPS) is 9.77. The van der Waals surface area contributed by atoms with Crippen LogP contribution >= 0.6 is 15.9 Å². The van der Waals surface area contributed by atoms with Gasteiger partial charge in [0.25, 0.3) is 0 Å². The molecule has 0 bridgehead atoms.